The van der Waals surface area contributed by atoms with E-state index in [1.165, 1.54) is 0 Å². The third kappa shape index (κ3) is 1.37. The maximum atomic E-state index is 11.2. The average molecular weight is 259 g/mol. The molecule has 5 rings (SSSR count). The van der Waals surface area contributed by atoms with Crippen LogP contribution in [0.25, 0.3) is 0 Å². The molecule has 2 unspecified atom stereocenters. The smallest absolute Gasteiger partial charge is 0.273 e. The zero-order valence-corrected chi connectivity index (χ0v) is 10.2. The van der Waals surface area contributed by atoms with Gasteiger partial charge in [0, 0.05) is 24.0 Å². The molecule has 4 aliphatic rings. The van der Waals surface area contributed by atoms with Gasteiger partial charge in [0.15, 0.2) is 5.79 Å². The quantitative estimate of drug-likeness (QED) is 0.441. The van der Waals surface area contributed by atoms with E-state index in [-0.39, 0.29) is 22.4 Å². The zero-order chi connectivity index (χ0) is 13.0. The summed E-state index contributed by atoms with van der Waals surface area (Å²) in [6, 6.07) is 5.28. The minimum absolute atomic E-state index is 0.0136. The van der Waals surface area contributed by atoms with Crippen LogP contribution >= 0.6 is 0 Å². The molecular formula is C14H13NO4. The second-order valence-corrected chi connectivity index (χ2v) is 5.22. The predicted octanol–water partition coefficient (Wildman–Crippen LogP) is 2.48. The fraction of sp³-hybridized carbons (Fsp3) is 0.429. The second kappa shape index (κ2) is 3.65. The summed E-state index contributed by atoms with van der Waals surface area (Å²) < 4.78 is 11.7. The van der Waals surface area contributed by atoms with Crippen molar-refractivity contribution in [2.75, 3.05) is 13.2 Å². The van der Waals surface area contributed by atoms with E-state index in [2.05, 4.69) is 12.2 Å². The molecule has 5 nitrogen and oxygen atoms in total. The van der Waals surface area contributed by atoms with Gasteiger partial charge in [0.05, 0.1) is 24.1 Å². The number of rotatable bonds is 1. The maximum absolute atomic E-state index is 11.2. The summed E-state index contributed by atoms with van der Waals surface area (Å²) in [5, 5.41) is 11.2. The fourth-order valence-corrected chi connectivity index (χ4v) is 3.60. The van der Waals surface area contributed by atoms with Crippen molar-refractivity contribution in [2.45, 2.75) is 24.0 Å². The van der Waals surface area contributed by atoms with Crippen LogP contribution in [0.4, 0.5) is 5.69 Å². The Hall–Kier alpha value is -1.72. The molecule has 1 heterocycles. The van der Waals surface area contributed by atoms with E-state index in [1.807, 2.05) is 6.07 Å². The van der Waals surface area contributed by atoms with Crippen LogP contribution in [0.5, 0.6) is 0 Å². The normalized spacial score (nSPS) is 29.7. The van der Waals surface area contributed by atoms with Crippen LogP contribution in [-0.4, -0.2) is 23.9 Å². The molecule has 0 saturated carbocycles. The van der Waals surface area contributed by atoms with E-state index in [0.717, 1.165) is 11.1 Å². The van der Waals surface area contributed by atoms with Crippen LogP contribution in [-0.2, 0) is 9.47 Å². The third-order valence-corrected chi connectivity index (χ3v) is 4.31. The topological polar surface area (TPSA) is 61.6 Å². The van der Waals surface area contributed by atoms with Crippen molar-refractivity contribution in [3.8, 4) is 0 Å². The van der Waals surface area contributed by atoms with Gasteiger partial charge in [0.2, 0.25) is 0 Å². The summed E-state index contributed by atoms with van der Waals surface area (Å²) >= 11 is 0. The molecule has 98 valence electrons. The highest BCUT2D eigenvalue weighted by Crippen LogP contribution is 2.55. The monoisotopic (exact) mass is 259 g/mol. The first-order chi connectivity index (χ1) is 9.21. The van der Waals surface area contributed by atoms with Gasteiger partial charge in [0.25, 0.3) is 5.69 Å². The Bertz CT molecular complexity index is 589. The summed E-state index contributed by atoms with van der Waals surface area (Å²) in [7, 11) is 0. The maximum Gasteiger partial charge on any atom is 0.273 e. The van der Waals surface area contributed by atoms with Gasteiger partial charge in [-0.15, -0.1) is 0 Å². The Balaban J connectivity index is 1.90. The van der Waals surface area contributed by atoms with E-state index >= 15 is 0 Å². The lowest BCUT2D eigenvalue weighted by molar-refractivity contribution is -0.386. The molecule has 19 heavy (non-hydrogen) atoms. The zero-order valence-electron chi connectivity index (χ0n) is 10.2. The lowest BCUT2D eigenvalue weighted by Gasteiger charge is -2.45. The van der Waals surface area contributed by atoms with Gasteiger partial charge in [-0.05, 0) is 5.56 Å². The fourth-order valence-electron chi connectivity index (χ4n) is 3.60. The van der Waals surface area contributed by atoms with Crippen molar-refractivity contribution in [1.29, 1.82) is 0 Å². The molecule has 2 bridgehead atoms. The van der Waals surface area contributed by atoms with Crippen LogP contribution in [0.3, 0.4) is 0 Å². The largest absolute Gasteiger partial charge is 0.347 e. The van der Waals surface area contributed by atoms with Gasteiger partial charge in [0.1, 0.15) is 0 Å². The lowest BCUT2D eigenvalue weighted by Crippen LogP contribution is -2.44. The van der Waals surface area contributed by atoms with Gasteiger partial charge >= 0.3 is 0 Å². The minimum Gasteiger partial charge on any atom is -0.347 e. The highest BCUT2D eigenvalue weighted by atomic mass is 16.7. The molecule has 1 aliphatic heterocycles. The molecule has 0 amide bonds. The number of ether oxygens (including phenoxy) is 2. The van der Waals surface area contributed by atoms with Crippen molar-refractivity contribution in [2.24, 2.45) is 0 Å². The number of allylic oxidation sites excluding steroid dienone is 1. The molecular weight excluding hydrogens is 246 g/mol. The summed E-state index contributed by atoms with van der Waals surface area (Å²) in [6.45, 7) is 1.20. The molecule has 1 saturated heterocycles. The van der Waals surface area contributed by atoms with Crippen LogP contribution in [0, 0.1) is 10.1 Å². The van der Waals surface area contributed by atoms with Gasteiger partial charge in [-0.2, -0.15) is 0 Å². The SMILES string of the molecule is O=[N+]([O-])c1cccc2c1C1C=CC2C2(C1)OCCO2. The van der Waals surface area contributed by atoms with Gasteiger partial charge in [-0.1, -0.05) is 24.3 Å². The van der Waals surface area contributed by atoms with E-state index < -0.39 is 5.79 Å². The Morgan fingerprint density at radius 2 is 2.05 bits per heavy atom. The molecule has 5 heteroatoms. The Morgan fingerprint density at radius 3 is 2.79 bits per heavy atom. The van der Waals surface area contributed by atoms with E-state index in [4.69, 9.17) is 9.47 Å². The summed E-state index contributed by atoms with van der Waals surface area (Å²) in [4.78, 5) is 10.9. The predicted molar refractivity (Wildman–Crippen MR) is 67.0 cm³/mol. The van der Waals surface area contributed by atoms with Crippen molar-refractivity contribution in [3.05, 3.63) is 51.6 Å². The molecule has 2 atom stereocenters. The van der Waals surface area contributed by atoms with Crippen LogP contribution < -0.4 is 0 Å². The Kier molecular flexibility index (Phi) is 2.14. The molecule has 1 fully saturated rings. The van der Waals surface area contributed by atoms with E-state index in [1.54, 1.807) is 12.1 Å². The van der Waals surface area contributed by atoms with Crippen LogP contribution in [0.15, 0.2) is 30.4 Å². The van der Waals surface area contributed by atoms with Crippen LogP contribution in [0.1, 0.15) is 29.4 Å². The minimum atomic E-state index is -0.596. The molecule has 0 aromatic heterocycles. The highest BCUT2D eigenvalue weighted by Gasteiger charge is 2.53. The first kappa shape index (κ1) is 11.1. The average Bonchev–Trinajstić information content (AvgIpc) is 2.87. The molecule has 3 aliphatic carbocycles. The molecule has 1 spiro atoms. The second-order valence-electron chi connectivity index (χ2n) is 5.22. The number of nitro groups is 1. The Labute approximate surface area is 110 Å². The number of hydrogen-bond acceptors (Lipinski definition) is 4. The first-order valence-electron chi connectivity index (χ1n) is 6.45. The summed E-state index contributed by atoms with van der Waals surface area (Å²) in [6.07, 6.45) is 4.80. The Morgan fingerprint density at radius 1 is 1.26 bits per heavy atom. The highest BCUT2D eigenvalue weighted by molar-refractivity contribution is 5.56. The van der Waals surface area contributed by atoms with Crippen molar-refractivity contribution in [1.82, 2.24) is 0 Å². The van der Waals surface area contributed by atoms with Crippen molar-refractivity contribution in [3.63, 3.8) is 0 Å². The summed E-state index contributed by atoms with van der Waals surface area (Å²) in [5.74, 6) is -0.614. The molecule has 1 aromatic rings. The van der Waals surface area contributed by atoms with E-state index in [9.17, 15) is 10.1 Å². The van der Waals surface area contributed by atoms with E-state index in [0.29, 0.717) is 19.6 Å². The first-order valence-corrected chi connectivity index (χ1v) is 6.45. The van der Waals surface area contributed by atoms with Crippen LogP contribution in [0.2, 0.25) is 0 Å². The molecule has 0 N–H and O–H groups in total. The third-order valence-electron chi connectivity index (χ3n) is 4.31. The number of benzene rings is 1. The lowest BCUT2D eigenvalue weighted by atomic mass is 9.67. The standard InChI is InChI=1S/C14H13NO4/c16-15(17)12-3-1-2-10-11-5-4-9(13(10)12)8-14(11)18-6-7-19-14/h1-5,9,11H,6-8H2. The number of nitro benzene ring substituents is 1. The molecule has 0 radical (unpaired) electrons. The van der Waals surface area contributed by atoms with Crippen molar-refractivity contribution >= 4 is 5.69 Å². The number of nitrogens with zero attached hydrogens (tertiary/aromatic N) is 1. The molecule has 1 aromatic carbocycles. The van der Waals surface area contributed by atoms with Gasteiger partial charge in [-0.25, -0.2) is 0 Å². The van der Waals surface area contributed by atoms with Gasteiger partial charge < -0.3 is 9.47 Å². The van der Waals surface area contributed by atoms with Gasteiger partial charge in [-0.3, -0.25) is 10.1 Å². The summed E-state index contributed by atoms with van der Waals surface area (Å²) in [5.41, 5.74) is 2.03. The van der Waals surface area contributed by atoms with Crippen molar-refractivity contribution < 1.29 is 14.4 Å². The number of hydrogen-bond donors (Lipinski definition) is 0.